The van der Waals surface area contributed by atoms with Crippen LogP contribution < -0.4 is 0 Å². The smallest absolute Gasteiger partial charge is 0.338 e. The summed E-state index contributed by atoms with van der Waals surface area (Å²) in [5.74, 6) is -1.45. The van der Waals surface area contributed by atoms with Crippen LogP contribution in [-0.4, -0.2) is 37.1 Å². The molecule has 1 aromatic heterocycles. The summed E-state index contributed by atoms with van der Waals surface area (Å²) in [6.45, 7) is 18.3. The summed E-state index contributed by atoms with van der Waals surface area (Å²) < 4.78 is 15.3. The SMILES string of the molecule is Cc1cc(F)c(C(=O)O)cc1-n1cnc(C2CC2)c1.O.O.O.[CH2-]CC.[CH2-]CC.[CH2-]CC.[Pu].[Pu].[Pu]. The van der Waals surface area contributed by atoms with Crippen molar-refractivity contribution < 1.29 is 118 Å². The van der Waals surface area contributed by atoms with Gasteiger partial charge in [-0.3, -0.25) is 0 Å². The van der Waals surface area contributed by atoms with Gasteiger partial charge in [0, 0.05) is 99.6 Å². The van der Waals surface area contributed by atoms with Gasteiger partial charge >= 0.3 is 5.97 Å². The van der Waals surface area contributed by atoms with Crippen LogP contribution in [-0.2, 0) is 0 Å². The fourth-order valence-electron chi connectivity index (χ4n) is 2.16. The van der Waals surface area contributed by atoms with Crippen LogP contribution >= 0.6 is 0 Å². The van der Waals surface area contributed by atoms with E-state index < -0.39 is 11.8 Å². The van der Waals surface area contributed by atoms with Crippen LogP contribution in [0.2, 0.25) is 0 Å². The topological polar surface area (TPSA) is 150 Å². The van der Waals surface area contributed by atoms with Gasteiger partial charge in [0.2, 0.25) is 0 Å². The second-order valence-corrected chi connectivity index (χ2v) is 6.40. The number of carboxylic acids is 1. The van der Waals surface area contributed by atoms with Crippen molar-refractivity contribution in [3.05, 3.63) is 68.1 Å². The van der Waals surface area contributed by atoms with Crippen LogP contribution in [0, 0.1) is 121 Å². The largest absolute Gasteiger partial charge is 0.478 e. The first-order valence-electron chi connectivity index (χ1n) is 9.76. The van der Waals surface area contributed by atoms with Gasteiger partial charge in [-0.2, -0.15) is 19.3 Å². The first-order valence-corrected chi connectivity index (χ1v) is 9.76. The van der Waals surface area contributed by atoms with Crippen molar-refractivity contribution in [2.45, 2.75) is 65.7 Å². The van der Waals surface area contributed by atoms with E-state index >= 15 is 0 Å². The summed E-state index contributed by atoms with van der Waals surface area (Å²) in [7, 11) is 0. The number of aromatic nitrogens is 2. The maximum absolute atomic E-state index is 13.5. The summed E-state index contributed by atoms with van der Waals surface area (Å²) >= 11 is 0. The van der Waals surface area contributed by atoms with Crippen molar-refractivity contribution >= 4 is 5.97 Å². The van der Waals surface area contributed by atoms with Gasteiger partial charge in [0.15, 0.2) is 0 Å². The molecule has 1 saturated carbocycles. The molecular formula is C23H40FN2O5Pu3-3. The first kappa shape index (κ1) is 51.3. The van der Waals surface area contributed by atoms with Gasteiger partial charge in [-0.1, -0.05) is 20.8 Å². The van der Waals surface area contributed by atoms with Gasteiger partial charge in [0.05, 0.1) is 23.3 Å². The molecule has 1 aliphatic carbocycles. The normalized spacial score (nSPS) is 9.76. The van der Waals surface area contributed by atoms with E-state index in [0.29, 0.717) is 17.2 Å². The fourth-order valence-corrected chi connectivity index (χ4v) is 2.16. The van der Waals surface area contributed by atoms with E-state index in [1.165, 1.54) is 12.1 Å². The molecule has 3 rings (SSSR count). The predicted molar refractivity (Wildman–Crippen MR) is 125 cm³/mol. The zero-order valence-electron chi connectivity index (χ0n) is 20.4. The van der Waals surface area contributed by atoms with Crippen LogP contribution in [0.15, 0.2) is 24.7 Å². The molecule has 1 heterocycles. The minimum atomic E-state index is -1.26. The van der Waals surface area contributed by atoms with Gasteiger partial charge in [0.1, 0.15) is 5.82 Å². The maximum Gasteiger partial charge on any atom is 0.338 e. The Morgan fingerprint density at radius 3 is 1.79 bits per heavy atom. The number of carboxylic acid groups (broad SMARTS) is 1. The molecule has 2 aromatic rings. The van der Waals surface area contributed by atoms with Crippen LogP contribution in [0.4, 0.5) is 4.39 Å². The third-order valence-corrected chi connectivity index (χ3v) is 3.39. The summed E-state index contributed by atoms with van der Waals surface area (Å²) in [4.78, 5) is 15.3. The number of halogens is 1. The molecule has 0 atom stereocenters. The van der Waals surface area contributed by atoms with Gasteiger partial charge in [-0.15, -0.1) is 0 Å². The van der Waals surface area contributed by atoms with Crippen LogP contribution in [0.3, 0.4) is 0 Å². The van der Waals surface area contributed by atoms with Crippen molar-refractivity contribution in [1.82, 2.24) is 9.55 Å². The Labute approximate surface area is 270 Å². The zero-order chi connectivity index (χ0) is 21.7. The maximum atomic E-state index is 13.5. The number of hydrogen-bond donors (Lipinski definition) is 1. The van der Waals surface area contributed by atoms with Crippen LogP contribution in [0.5, 0.6) is 0 Å². The van der Waals surface area contributed by atoms with Crippen molar-refractivity contribution in [2.24, 2.45) is 0 Å². The molecule has 200 valence electrons. The summed E-state index contributed by atoms with van der Waals surface area (Å²) in [6.07, 6.45) is 8.85. The van der Waals surface area contributed by atoms with Gasteiger partial charge < -0.3 is 46.9 Å². The summed E-state index contributed by atoms with van der Waals surface area (Å²) in [5, 5.41) is 8.97. The third kappa shape index (κ3) is 19.8. The summed E-state index contributed by atoms with van der Waals surface area (Å²) in [5.41, 5.74) is 2.03. The van der Waals surface area contributed by atoms with E-state index in [1.807, 2.05) is 27.0 Å². The number of carbonyl (C=O) groups is 1. The van der Waals surface area contributed by atoms with Crippen LogP contribution in [0.1, 0.15) is 80.4 Å². The van der Waals surface area contributed by atoms with E-state index in [2.05, 4.69) is 25.8 Å². The Morgan fingerprint density at radius 2 is 1.44 bits per heavy atom. The molecule has 1 fully saturated rings. The van der Waals surface area contributed by atoms with Crippen molar-refractivity contribution in [1.29, 1.82) is 0 Å². The van der Waals surface area contributed by atoms with E-state index in [1.54, 1.807) is 17.8 Å². The number of rotatable bonds is 3. The van der Waals surface area contributed by atoms with Gasteiger partial charge in [-0.25, -0.2) is 14.2 Å². The predicted octanol–water partition coefficient (Wildman–Crippen LogP) is 4.11. The fraction of sp³-hybridized carbons (Fsp3) is 0.435. The Morgan fingerprint density at radius 1 is 1.03 bits per heavy atom. The number of benzene rings is 1. The molecule has 0 unspecified atom stereocenters. The molecule has 0 spiro atoms. The van der Waals surface area contributed by atoms with Crippen LogP contribution in [0.25, 0.3) is 5.69 Å². The number of aromatic carboxylic acids is 1. The van der Waals surface area contributed by atoms with E-state index in [-0.39, 0.29) is 110 Å². The molecule has 0 bridgehead atoms. The van der Waals surface area contributed by atoms with E-state index in [0.717, 1.165) is 37.8 Å². The quantitative estimate of drug-likeness (QED) is 0.462. The van der Waals surface area contributed by atoms with Crippen molar-refractivity contribution in [3.8, 4) is 5.69 Å². The minimum Gasteiger partial charge on any atom is -0.478 e. The third-order valence-electron chi connectivity index (χ3n) is 3.39. The number of nitrogens with zero attached hydrogens (tertiary/aromatic N) is 2. The van der Waals surface area contributed by atoms with Crippen molar-refractivity contribution in [2.75, 3.05) is 0 Å². The van der Waals surface area contributed by atoms with Gasteiger partial charge in [-0.05, 0) is 37.5 Å². The molecule has 7 nitrogen and oxygen atoms in total. The Kier molecular flexibility index (Phi) is 45.1. The summed E-state index contributed by atoms with van der Waals surface area (Å²) in [6, 6.07) is 2.60. The standard InChI is InChI=1S/C14H13FN2O2.3C3H7.3H2O.3Pu/c1-8-4-11(15)10(14(18)19)5-13(8)17-6-12(16-7-17)9-2-3-9;3*1-3-2;;;;;;/h4-7,9H,2-3H2,1H3,(H,18,19);3*1,3H2,2H3;3*1H2;;;/q;3*-1;;;;;;. The molecule has 0 saturated heterocycles. The number of imidazole rings is 1. The number of aryl methyl sites for hydroxylation is 1. The average molecular weight is 1180 g/mol. The molecule has 1 aliphatic rings. The average Bonchev–Trinajstić information content (AvgIpc) is 3.35. The molecular weight excluding hydrogens is 1140 g/mol. The zero-order valence-corrected chi connectivity index (χ0v) is 30.6. The van der Waals surface area contributed by atoms with E-state index in [9.17, 15) is 9.18 Å². The van der Waals surface area contributed by atoms with Crippen molar-refractivity contribution in [3.63, 3.8) is 0 Å². The second-order valence-electron chi connectivity index (χ2n) is 6.40. The first-order chi connectivity index (χ1) is 13.3. The Bertz CT molecular complexity index is 726. The monoisotopic (exact) mass is 1160 g/mol. The molecule has 0 amide bonds. The molecule has 0 aliphatic heterocycles. The molecule has 34 heavy (non-hydrogen) atoms. The number of hydrogen-bond acceptors (Lipinski definition) is 2. The molecule has 0 radical (unpaired) electrons. The molecule has 11 heteroatoms. The minimum absolute atomic E-state index is 0. The molecule has 1 aromatic carbocycles. The molecule has 7 N–H and O–H groups in total. The Balaban J connectivity index is -0.0000000861. The van der Waals surface area contributed by atoms with Gasteiger partial charge in [0.25, 0.3) is 0 Å². The Hall–Kier alpha value is 0.671. The second kappa shape index (κ2) is 29.9. The van der Waals surface area contributed by atoms with E-state index in [4.69, 9.17) is 5.11 Å².